The molecule has 2 heterocycles. The molecule has 0 aliphatic carbocycles. The largest absolute Gasteiger partial charge is 0.481 e. The lowest BCUT2D eigenvalue weighted by molar-refractivity contribution is -0.141. The number of carbonyl (C=O) groups is 1. The van der Waals surface area contributed by atoms with Crippen molar-refractivity contribution in [2.75, 3.05) is 13.1 Å². The average molecular weight is 237 g/mol. The minimum Gasteiger partial charge on any atom is -0.481 e. The highest BCUT2D eigenvalue weighted by Gasteiger charge is 2.31. The number of carboxylic acid groups (broad SMARTS) is 1. The van der Waals surface area contributed by atoms with Crippen molar-refractivity contribution >= 4 is 5.97 Å². The van der Waals surface area contributed by atoms with Crippen LogP contribution in [0.3, 0.4) is 0 Å². The Bertz CT molecular complexity index is 427. The van der Waals surface area contributed by atoms with Crippen molar-refractivity contribution in [3.63, 3.8) is 0 Å². The fraction of sp³-hybridized carbons (Fsp3) is 0.667. The third-order valence-electron chi connectivity index (χ3n) is 3.62. The summed E-state index contributed by atoms with van der Waals surface area (Å²) in [5, 5.41) is 13.3. The van der Waals surface area contributed by atoms with E-state index in [0.29, 0.717) is 6.54 Å². The van der Waals surface area contributed by atoms with Crippen LogP contribution in [0.1, 0.15) is 30.6 Å². The zero-order valence-electron chi connectivity index (χ0n) is 10.6. The minimum absolute atomic E-state index is 0.213. The Morgan fingerprint density at radius 2 is 2.35 bits per heavy atom. The molecule has 1 aliphatic rings. The maximum atomic E-state index is 10.9. The molecule has 0 radical (unpaired) electrons. The summed E-state index contributed by atoms with van der Waals surface area (Å²) in [6.45, 7) is 5.61. The smallest absolute Gasteiger partial charge is 0.307 e. The van der Waals surface area contributed by atoms with E-state index < -0.39 is 5.97 Å². The molecule has 0 amide bonds. The van der Waals surface area contributed by atoms with Gasteiger partial charge in [-0.3, -0.25) is 14.4 Å². The Hall–Kier alpha value is -1.36. The zero-order valence-corrected chi connectivity index (χ0v) is 10.6. The molecule has 5 heteroatoms. The lowest BCUT2D eigenvalue weighted by Gasteiger charge is -2.23. The summed E-state index contributed by atoms with van der Waals surface area (Å²) < 4.78 is 1.81. The molecular formula is C12H19N3O2. The van der Waals surface area contributed by atoms with Crippen molar-refractivity contribution in [2.45, 2.75) is 26.3 Å². The Balaban J connectivity index is 2.09. The highest BCUT2D eigenvalue weighted by atomic mass is 16.4. The summed E-state index contributed by atoms with van der Waals surface area (Å²) in [6.07, 6.45) is 2.77. The van der Waals surface area contributed by atoms with E-state index in [-0.39, 0.29) is 12.0 Å². The fourth-order valence-corrected chi connectivity index (χ4v) is 2.57. The van der Waals surface area contributed by atoms with E-state index in [0.717, 1.165) is 18.7 Å². The van der Waals surface area contributed by atoms with Gasteiger partial charge in [0, 0.05) is 31.4 Å². The first-order valence-electron chi connectivity index (χ1n) is 5.96. The van der Waals surface area contributed by atoms with Crippen LogP contribution in [-0.2, 0) is 11.8 Å². The lowest BCUT2D eigenvalue weighted by Crippen LogP contribution is -2.26. The van der Waals surface area contributed by atoms with Gasteiger partial charge in [-0.1, -0.05) is 0 Å². The van der Waals surface area contributed by atoms with Crippen LogP contribution in [0.2, 0.25) is 0 Å². The van der Waals surface area contributed by atoms with Crippen LogP contribution >= 0.6 is 0 Å². The van der Waals surface area contributed by atoms with E-state index in [1.165, 1.54) is 5.56 Å². The monoisotopic (exact) mass is 237 g/mol. The van der Waals surface area contributed by atoms with Gasteiger partial charge in [0.05, 0.1) is 11.6 Å². The van der Waals surface area contributed by atoms with E-state index in [1.54, 1.807) is 0 Å². The maximum absolute atomic E-state index is 10.9. The van der Waals surface area contributed by atoms with E-state index in [4.69, 9.17) is 5.11 Å². The molecule has 17 heavy (non-hydrogen) atoms. The third kappa shape index (κ3) is 2.34. The molecule has 1 aliphatic heterocycles. The molecular weight excluding hydrogens is 218 g/mol. The van der Waals surface area contributed by atoms with Crippen molar-refractivity contribution in [1.29, 1.82) is 0 Å². The van der Waals surface area contributed by atoms with Gasteiger partial charge in [-0.2, -0.15) is 5.10 Å². The molecule has 5 nitrogen and oxygen atoms in total. The van der Waals surface area contributed by atoms with Crippen molar-refractivity contribution in [3.05, 3.63) is 17.5 Å². The van der Waals surface area contributed by atoms with Crippen molar-refractivity contribution < 1.29 is 9.90 Å². The molecule has 0 bridgehead atoms. The van der Waals surface area contributed by atoms with Crippen molar-refractivity contribution in [2.24, 2.45) is 13.0 Å². The Morgan fingerprint density at radius 1 is 1.65 bits per heavy atom. The normalized spacial score (nSPS) is 22.9. The highest BCUT2D eigenvalue weighted by Crippen LogP contribution is 2.28. The Kier molecular flexibility index (Phi) is 3.19. The number of rotatable bonds is 3. The summed E-state index contributed by atoms with van der Waals surface area (Å²) in [6, 6.07) is 0.244. The Labute approximate surface area is 101 Å². The van der Waals surface area contributed by atoms with Crippen molar-refractivity contribution in [3.8, 4) is 0 Å². The number of nitrogens with zero attached hydrogens (tertiary/aromatic N) is 3. The zero-order chi connectivity index (χ0) is 12.6. The number of hydrogen-bond acceptors (Lipinski definition) is 3. The number of hydrogen-bond donors (Lipinski definition) is 1. The van der Waals surface area contributed by atoms with Crippen LogP contribution in [0.15, 0.2) is 6.20 Å². The second kappa shape index (κ2) is 4.49. The number of aromatic nitrogens is 2. The van der Waals surface area contributed by atoms with Gasteiger partial charge in [-0.15, -0.1) is 0 Å². The second-order valence-electron chi connectivity index (χ2n) is 4.84. The lowest BCUT2D eigenvalue weighted by atomic mass is 10.1. The van der Waals surface area contributed by atoms with Crippen LogP contribution < -0.4 is 0 Å². The number of carboxylic acids is 1. The summed E-state index contributed by atoms with van der Waals surface area (Å²) in [4.78, 5) is 13.2. The molecule has 1 N–H and O–H groups in total. The predicted molar refractivity (Wildman–Crippen MR) is 63.7 cm³/mol. The SMILES string of the molecule is Cc1nn(C)cc1C(C)N1CCC(C(=O)O)C1. The predicted octanol–water partition coefficient (Wildman–Crippen LogP) is 1.20. The summed E-state index contributed by atoms with van der Waals surface area (Å²) in [7, 11) is 1.91. The first-order chi connectivity index (χ1) is 7.99. The molecule has 1 aromatic rings. The summed E-state index contributed by atoms with van der Waals surface area (Å²) >= 11 is 0. The summed E-state index contributed by atoms with van der Waals surface area (Å²) in [5.41, 5.74) is 2.22. The van der Waals surface area contributed by atoms with E-state index in [2.05, 4.69) is 16.9 Å². The minimum atomic E-state index is -0.678. The molecule has 1 fully saturated rings. The van der Waals surface area contributed by atoms with Crippen LogP contribution in [0.4, 0.5) is 0 Å². The van der Waals surface area contributed by atoms with Crippen molar-refractivity contribution in [1.82, 2.24) is 14.7 Å². The summed E-state index contributed by atoms with van der Waals surface area (Å²) in [5.74, 6) is -0.892. The van der Waals surface area contributed by atoms with Crippen LogP contribution in [0.5, 0.6) is 0 Å². The van der Waals surface area contributed by atoms with Gasteiger partial charge >= 0.3 is 5.97 Å². The van der Waals surface area contributed by atoms with Crippen LogP contribution in [-0.4, -0.2) is 38.8 Å². The van der Waals surface area contributed by atoms with Gasteiger partial charge in [-0.05, 0) is 26.8 Å². The van der Waals surface area contributed by atoms with Gasteiger partial charge in [0.25, 0.3) is 0 Å². The molecule has 2 rings (SSSR count). The molecule has 0 saturated carbocycles. The highest BCUT2D eigenvalue weighted by molar-refractivity contribution is 5.70. The van der Waals surface area contributed by atoms with E-state index in [9.17, 15) is 4.79 Å². The number of aliphatic carboxylic acids is 1. The van der Waals surface area contributed by atoms with Gasteiger partial charge in [-0.25, -0.2) is 0 Å². The average Bonchev–Trinajstić information content (AvgIpc) is 2.84. The maximum Gasteiger partial charge on any atom is 0.307 e. The van der Waals surface area contributed by atoms with Gasteiger partial charge in [0.1, 0.15) is 0 Å². The Morgan fingerprint density at radius 3 is 2.82 bits per heavy atom. The number of likely N-dealkylation sites (tertiary alicyclic amines) is 1. The molecule has 0 spiro atoms. The van der Waals surface area contributed by atoms with Gasteiger partial charge in [0.2, 0.25) is 0 Å². The molecule has 2 unspecified atom stereocenters. The standard InChI is InChI=1S/C12H19N3O2/c1-8-11(7-14(3)13-8)9(2)15-5-4-10(6-15)12(16)17/h7,9-10H,4-6H2,1-3H3,(H,16,17). The quantitative estimate of drug-likeness (QED) is 0.858. The topological polar surface area (TPSA) is 58.4 Å². The molecule has 1 saturated heterocycles. The molecule has 94 valence electrons. The van der Waals surface area contributed by atoms with E-state index in [1.807, 2.05) is 24.9 Å². The van der Waals surface area contributed by atoms with Crippen LogP contribution in [0, 0.1) is 12.8 Å². The second-order valence-corrected chi connectivity index (χ2v) is 4.84. The van der Waals surface area contributed by atoms with Gasteiger partial charge in [0.15, 0.2) is 0 Å². The van der Waals surface area contributed by atoms with E-state index >= 15 is 0 Å². The molecule has 1 aromatic heterocycles. The molecule has 2 atom stereocenters. The third-order valence-corrected chi connectivity index (χ3v) is 3.62. The first kappa shape index (κ1) is 12.1. The fourth-order valence-electron chi connectivity index (χ4n) is 2.57. The van der Waals surface area contributed by atoms with Crippen LogP contribution in [0.25, 0.3) is 0 Å². The first-order valence-corrected chi connectivity index (χ1v) is 5.96. The number of aryl methyl sites for hydroxylation is 2. The van der Waals surface area contributed by atoms with Gasteiger partial charge < -0.3 is 5.11 Å². The molecule has 0 aromatic carbocycles.